The van der Waals surface area contributed by atoms with Crippen molar-refractivity contribution in [2.45, 2.75) is 39.5 Å². The molecule has 0 aliphatic carbocycles. The number of hydrogen-bond donors (Lipinski definition) is 0. The molecule has 0 saturated heterocycles. The van der Waals surface area contributed by atoms with Gasteiger partial charge < -0.3 is 0 Å². The van der Waals surface area contributed by atoms with Gasteiger partial charge in [-0.3, -0.25) is 4.79 Å². The molecule has 0 aromatic heterocycles. The molecule has 0 heterocycles. The van der Waals surface area contributed by atoms with Gasteiger partial charge >= 0.3 is 0 Å². The van der Waals surface area contributed by atoms with E-state index in [1.807, 2.05) is 18.2 Å². The zero-order chi connectivity index (χ0) is 10.7. The Hall–Kier alpha value is -1.11. The van der Waals surface area contributed by atoms with E-state index in [1.54, 1.807) is 0 Å². The van der Waals surface area contributed by atoms with Gasteiger partial charge in [0.1, 0.15) is 0 Å². The summed E-state index contributed by atoms with van der Waals surface area (Å²) < 4.78 is 0. The van der Waals surface area contributed by atoms with Gasteiger partial charge in [0.05, 0.1) is 0 Å². The van der Waals surface area contributed by atoms with Crippen LogP contribution >= 0.6 is 0 Å². The third kappa shape index (κ3) is 2.03. The first-order valence-corrected chi connectivity index (χ1v) is 5.16. The fraction of sp³-hybridized carbons (Fsp3) is 0.462. The molecule has 1 heteroatoms. The fourth-order valence-electron chi connectivity index (χ4n) is 1.74. The van der Waals surface area contributed by atoms with Crippen molar-refractivity contribution in [3.8, 4) is 0 Å². The molecule has 0 unspecified atom stereocenters. The van der Waals surface area contributed by atoms with Crippen LogP contribution in [0.1, 0.15) is 61.0 Å². The maximum Gasteiger partial charge on any atom is 0.150 e. The van der Waals surface area contributed by atoms with Crippen molar-refractivity contribution in [3.05, 3.63) is 34.9 Å². The number of benzene rings is 1. The highest BCUT2D eigenvalue weighted by Crippen LogP contribution is 2.25. The topological polar surface area (TPSA) is 17.1 Å². The molecule has 0 N–H and O–H groups in total. The molecule has 0 amide bonds. The average Bonchev–Trinajstić information content (AvgIpc) is 2.16. The Bertz CT molecular complexity index is 298. The van der Waals surface area contributed by atoms with Gasteiger partial charge in [0, 0.05) is 5.56 Å². The molecule has 0 bridgehead atoms. The summed E-state index contributed by atoms with van der Waals surface area (Å²) in [4.78, 5) is 11.1. The van der Waals surface area contributed by atoms with Crippen LogP contribution in [0.15, 0.2) is 18.2 Å². The van der Waals surface area contributed by atoms with Gasteiger partial charge in [-0.05, 0) is 23.0 Å². The maximum absolute atomic E-state index is 11.1. The predicted octanol–water partition coefficient (Wildman–Crippen LogP) is 3.75. The molecule has 1 aromatic carbocycles. The van der Waals surface area contributed by atoms with E-state index in [9.17, 15) is 4.79 Å². The van der Waals surface area contributed by atoms with Crippen molar-refractivity contribution in [1.82, 2.24) is 0 Å². The highest BCUT2D eigenvalue weighted by Gasteiger charge is 2.12. The minimum absolute atomic E-state index is 0.411. The second-order valence-corrected chi connectivity index (χ2v) is 4.28. The van der Waals surface area contributed by atoms with Gasteiger partial charge in [0.15, 0.2) is 6.29 Å². The Morgan fingerprint density at radius 1 is 1.00 bits per heavy atom. The first-order chi connectivity index (χ1) is 6.57. The standard InChI is InChI=1S/C13H18O/c1-9(2)11-6-5-7-12(10(3)4)13(11)8-14/h5-10H,1-4H3. The van der Waals surface area contributed by atoms with E-state index < -0.39 is 0 Å². The number of carbonyl (C=O) groups is 1. The predicted molar refractivity (Wildman–Crippen MR) is 60.0 cm³/mol. The lowest BCUT2D eigenvalue weighted by Gasteiger charge is -2.15. The second kappa shape index (κ2) is 4.41. The third-order valence-corrected chi connectivity index (χ3v) is 2.54. The van der Waals surface area contributed by atoms with E-state index >= 15 is 0 Å². The number of hydrogen-bond acceptors (Lipinski definition) is 1. The number of aldehydes is 1. The van der Waals surface area contributed by atoms with E-state index in [-0.39, 0.29) is 0 Å². The van der Waals surface area contributed by atoms with Crippen LogP contribution in [0.25, 0.3) is 0 Å². The van der Waals surface area contributed by atoms with Gasteiger partial charge in [-0.25, -0.2) is 0 Å². The third-order valence-electron chi connectivity index (χ3n) is 2.54. The summed E-state index contributed by atoms with van der Waals surface area (Å²) >= 11 is 0. The molecule has 0 aliphatic rings. The van der Waals surface area contributed by atoms with Crippen LogP contribution in [0.3, 0.4) is 0 Å². The molecule has 76 valence electrons. The fourth-order valence-corrected chi connectivity index (χ4v) is 1.74. The van der Waals surface area contributed by atoms with Gasteiger partial charge in [-0.15, -0.1) is 0 Å². The summed E-state index contributed by atoms with van der Waals surface area (Å²) in [6, 6.07) is 6.12. The van der Waals surface area contributed by atoms with Crippen molar-refractivity contribution >= 4 is 6.29 Å². The van der Waals surface area contributed by atoms with Crippen molar-refractivity contribution in [3.63, 3.8) is 0 Å². The van der Waals surface area contributed by atoms with Crippen LogP contribution in [0.5, 0.6) is 0 Å². The molecule has 1 nitrogen and oxygen atoms in total. The van der Waals surface area contributed by atoms with Crippen molar-refractivity contribution in [1.29, 1.82) is 0 Å². The summed E-state index contributed by atoms with van der Waals surface area (Å²) in [6.07, 6.45) is 0.991. The lowest BCUT2D eigenvalue weighted by molar-refractivity contribution is 0.112. The lowest BCUT2D eigenvalue weighted by Crippen LogP contribution is -2.01. The van der Waals surface area contributed by atoms with Crippen molar-refractivity contribution in [2.24, 2.45) is 0 Å². The molecule has 0 aliphatic heterocycles. The molecule has 0 spiro atoms. The van der Waals surface area contributed by atoms with Crippen LogP contribution in [0, 0.1) is 0 Å². The first kappa shape index (κ1) is 11.0. The Kier molecular flexibility index (Phi) is 3.45. The zero-order valence-electron chi connectivity index (χ0n) is 9.37. The normalized spacial score (nSPS) is 11.0. The summed E-state index contributed by atoms with van der Waals surface area (Å²) in [5.74, 6) is 0.822. The summed E-state index contributed by atoms with van der Waals surface area (Å²) in [6.45, 7) is 8.47. The Morgan fingerprint density at radius 3 is 1.71 bits per heavy atom. The van der Waals surface area contributed by atoms with E-state index in [4.69, 9.17) is 0 Å². The molecule has 0 fully saturated rings. The van der Waals surface area contributed by atoms with E-state index in [0.29, 0.717) is 11.8 Å². The first-order valence-electron chi connectivity index (χ1n) is 5.16. The molecule has 1 rings (SSSR count). The van der Waals surface area contributed by atoms with Crippen molar-refractivity contribution < 1.29 is 4.79 Å². The largest absolute Gasteiger partial charge is 0.298 e. The molecule has 0 atom stereocenters. The summed E-state index contributed by atoms with van der Waals surface area (Å²) in [5, 5.41) is 0. The van der Waals surface area contributed by atoms with Crippen LogP contribution < -0.4 is 0 Å². The smallest absolute Gasteiger partial charge is 0.150 e. The molecule has 0 saturated carbocycles. The monoisotopic (exact) mass is 190 g/mol. The van der Waals surface area contributed by atoms with E-state index in [0.717, 1.165) is 23.0 Å². The van der Waals surface area contributed by atoms with Gasteiger partial charge in [0.2, 0.25) is 0 Å². The Balaban J connectivity index is 3.32. The van der Waals surface area contributed by atoms with Crippen molar-refractivity contribution in [2.75, 3.05) is 0 Å². The van der Waals surface area contributed by atoms with Crippen LogP contribution in [-0.2, 0) is 0 Å². The number of carbonyl (C=O) groups excluding carboxylic acids is 1. The lowest BCUT2D eigenvalue weighted by atomic mass is 9.89. The molecular weight excluding hydrogens is 172 g/mol. The summed E-state index contributed by atoms with van der Waals surface area (Å²) in [7, 11) is 0. The minimum Gasteiger partial charge on any atom is -0.298 e. The van der Waals surface area contributed by atoms with E-state index in [2.05, 4.69) is 27.7 Å². The molecule has 0 radical (unpaired) electrons. The van der Waals surface area contributed by atoms with Crippen LogP contribution in [0.2, 0.25) is 0 Å². The molecule has 14 heavy (non-hydrogen) atoms. The number of rotatable bonds is 3. The Labute approximate surface area is 86.1 Å². The van der Waals surface area contributed by atoms with Gasteiger partial charge in [-0.2, -0.15) is 0 Å². The minimum atomic E-state index is 0.411. The van der Waals surface area contributed by atoms with Gasteiger partial charge in [0.25, 0.3) is 0 Å². The highest BCUT2D eigenvalue weighted by atomic mass is 16.1. The Morgan fingerprint density at radius 2 is 1.43 bits per heavy atom. The van der Waals surface area contributed by atoms with Crippen LogP contribution in [0.4, 0.5) is 0 Å². The molecular formula is C13H18O. The average molecular weight is 190 g/mol. The van der Waals surface area contributed by atoms with Gasteiger partial charge in [-0.1, -0.05) is 45.9 Å². The quantitative estimate of drug-likeness (QED) is 0.663. The molecule has 1 aromatic rings. The SMILES string of the molecule is CC(C)c1cccc(C(C)C)c1C=O. The van der Waals surface area contributed by atoms with Crippen LogP contribution in [-0.4, -0.2) is 6.29 Å². The van der Waals surface area contributed by atoms with E-state index in [1.165, 1.54) is 0 Å². The summed E-state index contributed by atoms with van der Waals surface area (Å²) in [5.41, 5.74) is 3.20. The highest BCUT2D eigenvalue weighted by molar-refractivity contribution is 5.80. The zero-order valence-corrected chi connectivity index (χ0v) is 9.37. The second-order valence-electron chi connectivity index (χ2n) is 4.28. The maximum atomic E-state index is 11.1.